The summed E-state index contributed by atoms with van der Waals surface area (Å²) < 4.78 is 53.0. The van der Waals surface area contributed by atoms with Gasteiger partial charge in [0.15, 0.2) is 23.3 Å². The van der Waals surface area contributed by atoms with Crippen molar-refractivity contribution < 1.29 is 27.2 Å². The molecule has 0 aromatic heterocycles. The molecule has 9 heteroatoms. The van der Waals surface area contributed by atoms with Gasteiger partial charge in [0, 0.05) is 18.5 Å². The molecule has 2 aromatic rings. The van der Waals surface area contributed by atoms with Crippen LogP contribution >= 0.6 is 0 Å². The third kappa shape index (κ3) is 3.41. The van der Waals surface area contributed by atoms with Crippen molar-refractivity contribution in [2.24, 2.45) is 5.10 Å². The first-order chi connectivity index (χ1) is 12.4. The Hall–Kier alpha value is -3.23. The first-order valence-corrected chi connectivity index (χ1v) is 7.47. The minimum absolute atomic E-state index is 0.182. The van der Waals surface area contributed by atoms with E-state index < -0.39 is 34.7 Å². The summed E-state index contributed by atoms with van der Waals surface area (Å²) in [5.74, 6) is -8.78. The Morgan fingerprint density at radius 3 is 2.31 bits per heavy atom. The molecule has 1 aliphatic heterocycles. The van der Waals surface area contributed by atoms with Gasteiger partial charge in [-0.3, -0.25) is 9.59 Å². The summed E-state index contributed by atoms with van der Waals surface area (Å²) in [5.41, 5.74) is 2.98. The number of amides is 2. The number of hydrogen-bond donors (Lipinski definition) is 2. The van der Waals surface area contributed by atoms with Gasteiger partial charge in [0.25, 0.3) is 5.91 Å². The standard InChI is InChI=1S/C17H11F4N3O2/c18-11-7-10(14(19)16(21)15(11)20)17(26)22-9-3-1-8(2-4-9)12-5-6-13(25)24-23-12/h1-4,7H,5-6H2,(H,22,26)(H,24,25). The second kappa shape index (κ2) is 6.95. The number of anilines is 1. The summed E-state index contributed by atoms with van der Waals surface area (Å²) in [6.45, 7) is 0. The van der Waals surface area contributed by atoms with E-state index in [1.807, 2.05) is 0 Å². The molecule has 0 radical (unpaired) electrons. The number of nitrogens with zero attached hydrogens (tertiary/aromatic N) is 1. The monoisotopic (exact) mass is 365 g/mol. The van der Waals surface area contributed by atoms with E-state index >= 15 is 0 Å². The predicted molar refractivity (Wildman–Crippen MR) is 84.6 cm³/mol. The number of nitrogens with one attached hydrogen (secondary N) is 2. The van der Waals surface area contributed by atoms with Crippen LogP contribution in [0.15, 0.2) is 35.4 Å². The van der Waals surface area contributed by atoms with Gasteiger partial charge in [0.05, 0.1) is 11.3 Å². The lowest BCUT2D eigenvalue weighted by Gasteiger charge is -2.13. The van der Waals surface area contributed by atoms with Gasteiger partial charge in [0.1, 0.15) is 0 Å². The minimum Gasteiger partial charge on any atom is -0.322 e. The van der Waals surface area contributed by atoms with Crippen molar-refractivity contribution in [2.45, 2.75) is 12.8 Å². The van der Waals surface area contributed by atoms with E-state index in [9.17, 15) is 27.2 Å². The molecule has 0 saturated carbocycles. The zero-order chi connectivity index (χ0) is 18.8. The van der Waals surface area contributed by atoms with Crippen LogP contribution < -0.4 is 10.7 Å². The first kappa shape index (κ1) is 17.6. The Bertz CT molecular complexity index is 927. The lowest BCUT2D eigenvalue weighted by atomic mass is 10.0. The normalized spacial score (nSPS) is 13.8. The molecule has 2 N–H and O–H groups in total. The Kier molecular flexibility index (Phi) is 4.70. The molecular formula is C17H11F4N3O2. The van der Waals surface area contributed by atoms with E-state index in [0.29, 0.717) is 24.1 Å². The number of halogens is 4. The van der Waals surface area contributed by atoms with Gasteiger partial charge in [-0.05, 0) is 23.8 Å². The second-order valence-electron chi connectivity index (χ2n) is 5.47. The molecule has 5 nitrogen and oxygen atoms in total. The van der Waals surface area contributed by atoms with Crippen molar-refractivity contribution in [3.8, 4) is 0 Å². The maximum Gasteiger partial charge on any atom is 0.258 e. The van der Waals surface area contributed by atoms with Crippen LogP contribution in [0.5, 0.6) is 0 Å². The molecular weight excluding hydrogens is 354 g/mol. The molecule has 0 aliphatic carbocycles. The van der Waals surface area contributed by atoms with Gasteiger partial charge in [-0.25, -0.2) is 23.0 Å². The number of benzene rings is 2. The van der Waals surface area contributed by atoms with Crippen LogP contribution in [-0.2, 0) is 4.79 Å². The van der Waals surface area contributed by atoms with Crippen molar-refractivity contribution in [2.75, 3.05) is 5.32 Å². The van der Waals surface area contributed by atoms with E-state index in [1.54, 1.807) is 12.1 Å². The van der Waals surface area contributed by atoms with Crippen LogP contribution in [0.25, 0.3) is 0 Å². The van der Waals surface area contributed by atoms with E-state index in [4.69, 9.17) is 0 Å². The molecule has 3 rings (SSSR count). The summed E-state index contributed by atoms with van der Waals surface area (Å²) >= 11 is 0. The summed E-state index contributed by atoms with van der Waals surface area (Å²) in [5, 5.41) is 6.19. The third-order valence-corrected chi connectivity index (χ3v) is 3.73. The Morgan fingerprint density at radius 1 is 1.00 bits per heavy atom. The van der Waals surface area contributed by atoms with Crippen molar-refractivity contribution in [1.29, 1.82) is 0 Å². The SMILES string of the molecule is O=C1CCC(c2ccc(NC(=O)c3cc(F)c(F)c(F)c3F)cc2)=NN1. The van der Waals surface area contributed by atoms with Crippen molar-refractivity contribution in [3.63, 3.8) is 0 Å². The highest BCUT2D eigenvalue weighted by Crippen LogP contribution is 2.20. The lowest BCUT2D eigenvalue weighted by Crippen LogP contribution is -2.25. The van der Waals surface area contributed by atoms with Crippen molar-refractivity contribution >= 4 is 23.2 Å². The Morgan fingerprint density at radius 2 is 1.69 bits per heavy atom. The zero-order valence-corrected chi connectivity index (χ0v) is 13.1. The highest BCUT2D eigenvalue weighted by molar-refractivity contribution is 6.06. The van der Waals surface area contributed by atoms with Gasteiger partial charge in [-0.2, -0.15) is 5.10 Å². The number of rotatable bonds is 3. The van der Waals surface area contributed by atoms with Crippen LogP contribution in [0.1, 0.15) is 28.8 Å². The molecule has 2 amide bonds. The molecule has 26 heavy (non-hydrogen) atoms. The average molecular weight is 365 g/mol. The molecule has 0 unspecified atom stereocenters. The maximum absolute atomic E-state index is 13.6. The number of hydrogen-bond acceptors (Lipinski definition) is 3. The number of carbonyl (C=O) groups excluding carboxylic acids is 2. The quantitative estimate of drug-likeness (QED) is 0.499. The number of hydrazone groups is 1. The van der Waals surface area contributed by atoms with Crippen LogP contribution in [0.4, 0.5) is 23.2 Å². The largest absolute Gasteiger partial charge is 0.322 e. The predicted octanol–water partition coefficient (Wildman–Crippen LogP) is 3.11. The lowest BCUT2D eigenvalue weighted by molar-refractivity contribution is -0.121. The fraction of sp³-hybridized carbons (Fsp3) is 0.118. The van der Waals surface area contributed by atoms with E-state index in [1.165, 1.54) is 12.1 Å². The molecule has 0 bridgehead atoms. The highest BCUT2D eigenvalue weighted by Gasteiger charge is 2.23. The van der Waals surface area contributed by atoms with Gasteiger partial charge in [0.2, 0.25) is 5.91 Å². The topological polar surface area (TPSA) is 70.6 Å². The fourth-order valence-electron chi connectivity index (χ4n) is 2.36. The van der Waals surface area contributed by atoms with E-state index in [2.05, 4.69) is 15.8 Å². The van der Waals surface area contributed by atoms with Crippen LogP contribution in [-0.4, -0.2) is 17.5 Å². The molecule has 0 saturated heterocycles. The summed E-state index contributed by atoms with van der Waals surface area (Å²) in [6, 6.07) is 6.44. The summed E-state index contributed by atoms with van der Waals surface area (Å²) in [7, 11) is 0. The Labute approximate surface area is 144 Å². The summed E-state index contributed by atoms with van der Waals surface area (Å²) in [6.07, 6.45) is 0.759. The molecule has 0 fully saturated rings. The molecule has 1 heterocycles. The smallest absolute Gasteiger partial charge is 0.258 e. The average Bonchev–Trinajstić information content (AvgIpc) is 2.64. The molecule has 0 spiro atoms. The van der Waals surface area contributed by atoms with Crippen LogP contribution in [0, 0.1) is 23.3 Å². The maximum atomic E-state index is 13.6. The van der Waals surface area contributed by atoms with E-state index in [-0.39, 0.29) is 17.7 Å². The molecule has 0 atom stereocenters. The van der Waals surface area contributed by atoms with Crippen molar-refractivity contribution in [3.05, 3.63) is 64.7 Å². The fourth-order valence-corrected chi connectivity index (χ4v) is 2.36. The second-order valence-corrected chi connectivity index (χ2v) is 5.47. The van der Waals surface area contributed by atoms with Crippen molar-refractivity contribution in [1.82, 2.24) is 5.43 Å². The van der Waals surface area contributed by atoms with Gasteiger partial charge in [-0.1, -0.05) is 12.1 Å². The van der Waals surface area contributed by atoms with Gasteiger partial charge in [-0.15, -0.1) is 0 Å². The van der Waals surface area contributed by atoms with Gasteiger partial charge < -0.3 is 5.32 Å². The zero-order valence-electron chi connectivity index (χ0n) is 13.1. The highest BCUT2D eigenvalue weighted by atomic mass is 19.2. The van der Waals surface area contributed by atoms with E-state index in [0.717, 1.165) is 0 Å². The van der Waals surface area contributed by atoms with Crippen LogP contribution in [0.3, 0.4) is 0 Å². The van der Waals surface area contributed by atoms with Crippen LogP contribution in [0.2, 0.25) is 0 Å². The number of carbonyl (C=O) groups is 2. The Balaban J connectivity index is 1.78. The minimum atomic E-state index is -2.05. The molecule has 134 valence electrons. The third-order valence-electron chi connectivity index (χ3n) is 3.73. The molecule has 2 aromatic carbocycles. The molecule has 1 aliphatic rings. The van der Waals surface area contributed by atoms with Gasteiger partial charge >= 0.3 is 0 Å². The first-order valence-electron chi connectivity index (χ1n) is 7.47. The summed E-state index contributed by atoms with van der Waals surface area (Å²) in [4.78, 5) is 23.1.